The van der Waals surface area contributed by atoms with Gasteiger partial charge in [0.1, 0.15) is 0 Å². The number of fused-ring (bicyclic) bond motifs is 6. The number of nitrogens with zero attached hydrogens (tertiary/aromatic N) is 1. The smallest absolute Gasteiger partial charge is 0.399 e. The quantitative estimate of drug-likeness (QED) is 0.158. The van der Waals surface area contributed by atoms with E-state index in [1.165, 1.54) is 33.0 Å². The van der Waals surface area contributed by atoms with Crippen LogP contribution in [-0.2, 0) is 50.1 Å². The van der Waals surface area contributed by atoms with Crippen LogP contribution in [0.3, 0.4) is 0 Å². The molecule has 5 aliphatic rings. The molecule has 0 saturated carbocycles. The molecule has 6 aromatic rings. The van der Waals surface area contributed by atoms with E-state index in [9.17, 15) is 0 Å². The number of hydrogen-bond acceptors (Lipinski definition) is 8. The van der Waals surface area contributed by atoms with Crippen LogP contribution in [0.2, 0.25) is 0 Å². The third kappa shape index (κ3) is 8.98. The summed E-state index contributed by atoms with van der Waals surface area (Å²) >= 11 is 0. The van der Waals surface area contributed by atoms with Crippen molar-refractivity contribution in [2.24, 2.45) is 0 Å². The Labute approximate surface area is 425 Å². The van der Waals surface area contributed by atoms with Crippen molar-refractivity contribution < 1.29 is 37.2 Å². The summed E-state index contributed by atoms with van der Waals surface area (Å²) in [6.45, 7) is 37.5. The van der Waals surface area contributed by atoms with Gasteiger partial charge in [0.15, 0.2) is 0 Å². The molecule has 5 aromatic carbocycles. The fraction of sp³-hybridized carbons (Fsp3) is 0.483. The second-order valence-electron chi connectivity index (χ2n) is 23.9. The van der Waals surface area contributed by atoms with Crippen LogP contribution in [0.5, 0.6) is 0 Å². The molecule has 4 saturated heterocycles. The minimum Gasteiger partial charge on any atom is -0.399 e. The number of benzene rings is 5. The van der Waals surface area contributed by atoms with Gasteiger partial charge in [0.2, 0.25) is 0 Å². The third-order valence-corrected chi connectivity index (χ3v) is 17.1. The molecule has 11 rings (SSSR count). The maximum absolute atomic E-state index is 6.38. The summed E-state index contributed by atoms with van der Waals surface area (Å²) in [5, 5.41) is 2.36. The van der Waals surface area contributed by atoms with E-state index in [0.29, 0.717) is 0 Å². The van der Waals surface area contributed by atoms with E-state index in [4.69, 9.17) is 37.2 Å². The second-order valence-corrected chi connectivity index (χ2v) is 23.9. The van der Waals surface area contributed by atoms with E-state index >= 15 is 0 Å². The van der Waals surface area contributed by atoms with Gasteiger partial charge in [-0.15, -0.1) is 0 Å². The Balaban J connectivity index is 0.000000172. The summed E-state index contributed by atoms with van der Waals surface area (Å²) in [7, 11) is -1.48. The van der Waals surface area contributed by atoms with Gasteiger partial charge in [-0.1, -0.05) is 92.7 Å². The van der Waals surface area contributed by atoms with Crippen molar-refractivity contribution in [1.82, 2.24) is 4.57 Å². The van der Waals surface area contributed by atoms with E-state index in [1.807, 2.05) is 19.9 Å². The highest BCUT2D eigenvalue weighted by atomic mass is 16.7. The fourth-order valence-electron chi connectivity index (χ4n) is 9.85. The normalized spacial score (nSPS) is 22.5. The lowest BCUT2D eigenvalue weighted by Gasteiger charge is -2.32. The van der Waals surface area contributed by atoms with Crippen LogP contribution in [0.1, 0.15) is 136 Å². The maximum atomic E-state index is 6.38. The first kappa shape index (κ1) is 51.7. The highest BCUT2D eigenvalue weighted by molar-refractivity contribution is 6.64. The Hall–Kier alpha value is -4.16. The molecule has 1 aromatic heterocycles. The van der Waals surface area contributed by atoms with Crippen molar-refractivity contribution in [3.8, 4) is 16.8 Å². The molecule has 0 amide bonds. The Morgan fingerprint density at radius 2 is 0.606 bits per heavy atom. The number of hydrogen-bond donors (Lipinski definition) is 0. The summed E-state index contributed by atoms with van der Waals surface area (Å²) in [6.07, 6.45) is 2.00. The second kappa shape index (κ2) is 17.8. The molecule has 71 heavy (non-hydrogen) atoms. The van der Waals surface area contributed by atoms with Crippen molar-refractivity contribution >= 4 is 72.1 Å². The minimum absolute atomic E-state index is 0.322. The topological polar surface area (TPSA) is 78.8 Å². The van der Waals surface area contributed by atoms with Gasteiger partial charge in [0.25, 0.3) is 0 Å². The van der Waals surface area contributed by atoms with E-state index < -0.39 is 36.6 Å². The van der Waals surface area contributed by atoms with Crippen LogP contribution >= 0.6 is 0 Å². The summed E-state index contributed by atoms with van der Waals surface area (Å²) in [5.41, 5.74) is 9.95. The lowest BCUT2D eigenvalue weighted by atomic mass is 9.73. The maximum Gasteiger partial charge on any atom is 0.494 e. The van der Waals surface area contributed by atoms with Crippen LogP contribution in [0.25, 0.3) is 38.6 Å². The highest BCUT2D eigenvalue weighted by Gasteiger charge is 2.55. The summed E-state index contributed by atoms with van der Waals surface area (Å²) in [6, 6.07) is 36.8. The Morgan fingerprint density at radius 3 is 0.901 bits per heavy atom. The molecule has 0 bridgehead atoms. The van der Waals surface area contributed by atoms with Crippen LogP contribution in [0.15, 0.2) is 103 Å². The molecule has 0 atom stereocenters. The number of rotatable bonds is 5. The van der Waals surface area contributed by atoms with Gasteiger partial charge >= 0.3 is 28.5 Å². The Kier molecular flexibility index (Phi) is 12.9. The monoisotopic (exact) mass is 958 g/mol. The number of aryl methyl sites for hydroxylation is 2. The van der Waals surface area contributed by atoms with Gasteiger partial charge in [-0.3, -0.25) is 0 Å². The standard InChI is InChI=1S/C30H35B2NO4.C26H34B2O4.C2H6/c1-27(2)28(3,4)35-31(34-27)20-14-16-23-24-17-15-21(32-36-29(5,6)30(7,8)37-32)19-26(24)33(25(23)18-20)22-12-10-9-11-13-22;1-23(2)24(3,4)30-27(29-23)19-11-13-21-17(15-19)9-10-18-16-20(12-14-22(18)21)28-31-25(5,6)26(7,8)32-28;1-2/h9-19H,1-8H3;11-16H,9-10H2,1-8H3;1-2H3. The van der Waals surface area contributed by atoms with Crippen molar-refractivity contribution in [1.29, 1.82) is 0 Å². The lowest BCUT2D eigenvalue weighted by molar-refractivity contribution is 0.00578. The SMILES string of the molecule is CC.CC1(C)OB(c2ccc3c(c2)CCc2cc(B4OC(C)(C)C(C)(C)O4)ccc2-3)OC1(C)C.CC1(C)OB(c2ccc3c4ccc(B5OC(C)(C)C(C)(C)O5)cc4n(-c4ccccc4)c3c2)OC1(C)C. The summed E-state index contributed by atoms with van der Waals surface area (Å²) < 4.78 is 52.9. The molecule has 13 heteroatoms. The largest absolute Gasteiger partial charge is 0.494 e. The average molecular weight is 957 g/mol. The molecule has 372 valence electrons. The molecule has 0 spiro atoms. The number of aromatic nitrogens is 1. The van der Waals surface area contributed by atoms with Gasteiger partial charge in [-0.05, 0) is 192 Å². The number of para-hydroxylation sites is 1. The molecule has 1 aliphatic carbocycles. The van der Waals surface area contributed by atoms with Gasteiger partial charge in [-0.25, -0.2) is 0 Å². The Morgan fingerprint density at radius 1 is 0.338 bits per heavy atom. The summed E-state index contributed by atoms with van der Waals surface area (Å²) in [4.78, 5) is 0. The fourth-order valence-corrected chi connectivity index (χ4v) is 9.85. The van der Waals surface area contributed by atoms with Crippen molar-refractivity contribution in [3.05, 3.63) is 114 Å². The van der Waals surface area contributed by atoms with E-state index in [0.717, 1.165) is 51.4 Å². The van der Waals surface area contributed by atoms with Gasteiger partial charge in [-0.2, -0.15) is 0 Å². The van der Waals surface area contributed by atoms with Crippen molar-refractivity contribution in [2.75, 3.05) is 0 Å². The molecule has 0 unspecified atom stereocenters. The van der Waals surface area contributed by atoms with Gasteiger partial charge < -0.3 is 41.8 Å². The molecule has 5 heterocycles. The summed E-state index contributed by atoms with van der Waals surface area (Å²) in [5.74, 6) is 0. The molecule has 0 radical (unpaired) electrons. The van der Waals surface area contributed by atoms with E-state index in [2.05, 4.69) is 212 Å². The van der Waals surface area contributed by atoms with Crippen LogP contribution in [0, 0.1) is 0 Å². The van der Waals surface area contributed by atoms with Crippen molar-refractivity contribution in [3.63, 3.8) is 0 Å². The predicted molar refractivity (Wildman–Crippen MR) is 294 cm³/mol. The van der Waals surface area contributed by atoms with Crippen molar-refractivity contribution in [2.45, 2.75) is 182 Å². The zero-order valence-corrected chi connectivity index (χ0v) is 45.8. The molecular weight excluding hydrogens is 882 g/mol. The first-order valence-electron chi connectivity index (χ1n) is 25.9. The minimum atomic E-state index is -0.419. The molecule has 9 nitrogen and oxygen atoms in total. The van der Waals surface area contributed by atoms with Crippen LogP contribution in [0.4, 0.5) is 0 Å². The Bertz CT molecular complexity index is 2730. The first-order valence-corrected chi connectivity index (χ1v) is 25.9. The lowest BCUT2D eigenvalue weighted by Crippen LogP contribution is -2.41. The van der Waals surface area contributed by atoms with E-state index in [1.54, 1.807) is 0 Å². The van der Waals surface area contributed by atoms with Crippen LogP contribution in [-0.4, -0.2) is 77.8 Å². The molecule has 4 fully saturated rings. The van der Waals surface area contributed by atoms with Crippen LogP contribution < -0.4 is 21.9 Å². The zero-order chi connectivity index (χ0) is 51.5. The first-order chi connectivity index (χ1) is 33.1. The zero-order valence-electron chi connectivity index (χ0n) is 45.8. The van der Waals surface area contributed by atoms with E-state index in [-0.39, 0.29) is 36.6 Å². The third-order valence-electron chi connectivity index (χ3n) is 17.1. The van der Waals surface area contributed by atoms with Gasteiger partial charge in [0.05, 0.1) is 55.8 Å². The molecule has 0 N–H and O–H groups in total. The molecule has 4 aliphatic heterocycles. The van der Waals surface area contributed by atoms with Gasteiger partial charge in [0, 0.05) is 16.5 Å². The predicted octanol–water partition coefficient (Wildman–Crippen LogP) is 10.5. The molecular formula is C58H75B4NO8. The highest BCUT2D eigenvalue weighted by Crippen LogP contribution is 2.42. The average Bonchev–Trinajstić information content (AvgIpc) is 3.97.